The van der Waals surface area contributed by atoms with Crippen LogP contribution in [0.3, 0.4) is 0 Å². The number of aliphatic imine (C=N–C) groups is 1. The van der Waals surface area contributed by atoms with Gasteiger partial charge in [-0.25, -0.2) is 0 Å². The number of aryl methyl sites for hydroxylation is 3. The van der Waals surface area contributed by atoms with Crippen molar-refractivity contribution in [2.75, 3.05) is 0 Å². The van der Waals surface area contributed by atoms with Crippen LogP contribution in [0.25, 0.3) is 16.1 Å². The molecule has 0 spiro atoms. The summed E-state index contributed by atoms with van der Waals surface area (Å²) in [4.78, 5) is 6.24. The van der Waals surface area contributed by atoms with E-state index in [1.807, 2.05) is 37.3 Å². The highest BCUT2D eigenvalue weighted by atomic mass is 35.5. The van der Waals surface area contributed by atoms with Gasteiger partial charge in [0, 0.05) is 21.0 Å². The molecule has 1 aliphatic heterocycles. The highest BCUT2D eigenvalue weighted by Gasteiger charge is 2.25. The molecule has 2 aromatic heterocycles. The van der Waals surface area contributed by atoms with E-state index in [1.165, 1.54) is 21.6 Å². The lowest BCUT2D eigenvalue weighted by atomic mass is 10.0. The van der Waals surface area contributed by atoms with Crippen molar-refractivity contribution in [3.63, 3.8) is 0 Å². The third-order valence-electron chi connectivity index (χ3n) is 6.34. The van der Waals surface area contributed by atoms with E-state index in [9.17, 15) is 0 Å². The van der Waals surface area contributed by atoms with E-state index in [0.717, 1.165) is 46.3 Å². The molecule has 3 heterocycles. The minimum absolute atomic E-state index is 0.478. The van der Waals surface area contributed by atoms with Gasteiger partial charge in [0.1, 0.15) is 17.4 Å². The quantitative estimate of drug-likeness (QED) is 0.261. The lowest BCUT2D eigenvalue weighted by Crippen LogP contribution is -2.05. The van der Waals surface area contributed by atoms with Gasteiger partial charge in [-0.05, 0) is 48.6 Å². The number of thiophene rings is 1. The maximum Gasteiger partial charge on any atom is 0.160 e. The molecule has 1 aliphatic rings. The van der Waals surface area contributed by atoms with Crippen molar-refractivity contribution in [2.45, 2.75) is 26.3 Å². The fourth-order valence-electron chi connectivity index (χ4n) is 4.54. The smallest absolute Gasteiger partial charge is 0.160 e. The number of nitrogens with zero attached hydrogens (tertiary/aromatic N) is 4. The third kappa shape index (κ3) is 4.22. The topological polar surface area (TPSA) is 43.1 Å². The number of fused-ring (bicyclic) bond motifs is 3. The zero-order valence-electron chi connectivity index (χ0n) is 19.3. The van der Waals surface area contributed by atoms with Crippen LogP contribution in [0.5, 0.6) is 0 Å². The number of hydrogen-bond acceptors (Lipinski definition) is 4. The molecular formula is C29H23ClN4S. The third-order valence-corrected chi connectivity index (χ3v) is 7.85. The first kappa shape index (κ1) is 22.0. The molecule has 6 rings (SSSR count). The zero-order chi connectivity index (χ0) is 23.8. The van der Waals surface area contributed by atoms with Gasteiger partial charge in [0.2, 0.25) is 0 Å². The Morgan fingerprint density at radius 1 is 0.829 bits per heavy atom. The van der Waals surface area contributed by atoms with Crippen LogP contribution in [-0.4, -0.2) is 20.5 Å². The van der Waals surface area contributed by atoms with Crippen LogP contribution < -0.4 is 0 Å². The van der Waals surface area contributed by atoms with Gasteiger partial charge >= 0.3 is 0 Å². The van der Waals surface area contributed by atoms with Crippen molar-refractivity contribution < 1.29 is 0 Å². The van der Waals surface area contributed by atoms with Gasteiger partial charge in [-0.2, -0.15) is 0 Å². The second kappa shape index (κ2) is 9.25. The van der Waals surface area contributed by atoms with E-state index in [1.54, 1.807) is 11.3 Å². The Morgan fingerprint density at radius 2 is 1.57 bits per heavy atom. The second-order valence-corrected chi connectivity index (χ2v) is 10.2. The van der Waals surface area contributed by atoms with E-state index in [0.29, 0.717) is 11.6 Å². The van der Waals surface area contributed by atoms with Gasteiger partial charge in [0.05, 0.1) is 5.71 Å². The number of benzene rings is 3. The van der Waals surface area contributed by atoms with E-state index < -0.39 is 0 Å². The second-order valence-electron chi connectivity index (χ2n) is 8.64. The van der Waals surface area contributed by atoms with E-state index in [2.05, 4.69) is 69.4 Å². The standard InChI is InChI=1S/C29H23ClN4S/c1-19-32-33-27-18-31-28(24-9-5-6-10-26(24)30)25-17-23(35-29(25)34(19)27)16-13-20-11-14-22(15-12-20)21-7-3-2-4-8-21/h2-12,14-15,17H,13,16,18H2,1H3. The van der Waals surface area contributed by atoms with Gasteiger partial charge in [0.25, 0.3) is 0 Å². The molecule has 0 saturated carbocycles. The minimum Gasteiger partial charge on any atom is -0.276 e. The zero-order valence-corrected chi connectivity index (χ0v) is 20.9. The van der Waals surface area contributed by atoms with Gasteiger partial charge in [-0.1, -0.05) is 84.4 Å². The molecule has 35 heavy (non-hydrogen) atoms. The minimum atomic E-state index is 0.478. The molecular weight excluding hydrogens is 472 g/mol. The summed E-state index contributed by atoms with van der Waals surface area (Å²) in [7, 11) is 0. The number of rotatable bonds is 5. The largest absolute Gasteiger partial charge is 0.276 e. The average Bonchev–Trinajstić information content (AvgIpc) is 3.43. The molecule has 0 radical (unpaired) electrons. The molecule has 0 atom stereocenters. The van der Waals surface area contributed by atoms with Crippen LogP contribution >= 0.6 is 22.9 Å². The lowest BCUT2D eigenvalue weighted by molar-refractivity contribution is 0.869. The molecule has 5 aromatic rings. The number of hydrogen-bond donors (Lipinski definition) is 0. The van der Waals surface area contributed by atoms with Crippen LogP contribution in [0, 0.1) is 6.92 Å². The van der Waals surface area contributed by atoms with Gasteiger partial charge in [-0.15, -0.1) is 21.5 Å². The molecule has 0 bridgehead atoms. The van der Waals surface area contributed by atoms with Crippen molar-refractivity contribution >= 4 is 28.6 Å². The maximum atomic E-state index is 6.59. The first-order valence-electron chi connectivity index (χ1n) is 11.7. The molecule has 3 aromatic carbocycles. The van der Waals surface area contributed by atoms with Crippen molar-refractivity contribution in [3.05, 3.63) is 123 Å². The number of halogens is 1. The Morgan fingerprint density at radius 3 is 2.37 bits per heavy atom. The summed E-state index contributed by atoms with van der Waals surface area (Å²) in [6.45, 7) is 2.47. The first-order valence-corrected chi connectivity index (χ1v) is 12.8. The van der Waals surface area contributed by atoms with Gasteiger partial charge < -0.3 is 0 Å². The Kier molecular flexibility index (Phi) is 5.80. The predicted molar refractivity (Wildman–Crippen MR) is 144 cm³/mol. The molecule has 6 heteroatoms. The van der Waals surface area contributed by atoms with Crippen molar-refractivity contribution in [1.29, 1.82) is 0 Å². The highest BCUT2D eigenvalue weighted by molar-refractivity contribution is 7.15. The normalized spacial score (nSPS) is 12.6. The maximum absolute atomic E-state index is 6.59. The van der Waals surface area contributed by atoms with E-state index in [4.69, 9.17) is 16.6 Å². The van der Waals surface area contributed by atoms with Gasteiger partial charge in [0.15, 0.2) is 5.82 Å². The monoisotopic (exact) mass is 494 g/mol. The number of aromatic nitrogens is 3. The van der Waals surface area contributed by atoms with Crippen LogP contribution in [0.1, 0.15) is 33.2 Å². The summed E-state index contributed by atoms with van der Waals surface area (Å²) in [5.41, 5.74) is 6.78. The summed E-state index contributed by atoms with van der Waals surface area (Å²) in [6.07, 6.45) is 1.93. The summed E-state index contributed by atoms with van der Waals surface area (Å²) >= 11 is 8.38. The van der Waals surface area contributed by atoms with Crippen molar-refractivity contribution in [3.8, 4) is 16.1 Å². The SMILES string of the molecule is Cc1nnc2n1-c1sc(CCc3ccc(-c4ccccc4)cc3)cc1C(c1ccccc1Cl)=NC2. The van der Waals surface area contributed by atoms with Crippen molar-refractivity contribution in [2.24, 2.45) is 4.99 Å². The fraction of sp³-hybridized carbons (Fsp3) is 0.138. The van der Waals surface area contributed by atoms with Crippen LogP contribution in [0.2, 0.25) is 5.02 Å². The van der Waals surface area contributed by atoms with Gasteiger partial charge in [-0.3, -0.25) is 9.56 Å². The summed E-state index contributed by atoms with van der Waals surface area (Å²) in [6, 6.07) is 29.6. The summed E-state index contributed by atoms with van der Waals surface area (Å²) in [5.74, 6) is 1.73. The van der Waals surface area contributed by atoms with Crippen molar-refractivity contribution in [1.82, 2.24) is 14.8 Å². The first-order chi connectivity index (χ1) is 17.2. The molecule has 0 saturated heterocycles. The molecule has 0 unspecified atom stereocenters. The summed E-state index contributed by atoms with van der Waals surface area (Å²) < 4.78 is 2.14. The molecule has 4 nitrogen and oxygen atoms in total. The highest BCUT2D eigenvalue weighted by Crippen LogP contribution is 2.35. The van der Waals surface area contributed by atoms with E-state index >= 15 is 0 Å². The molecule has 0 aliphatic carbocycles. The Labute approximate surface area is 213 Å². The van der Waals surface area contributed by atoms with Crippen LogP contribution in [0.15, 0.2) is 89.9 Å². The average molecular weight is 495 g/mol. The molecule has 0 fully saturated rings. The molecule has 172 valence electrons. The Bertz CT molecular complexity index is 1530. The fourth-order valence-corrected chi connectivity index (χ4v) is 5.99. The summed E-state index contributed by atoms with van der Waals surface area (Å²) in [5, 5.41) is 10.5. The lowest BCUT2D eigenvalue weighted by Gasteiger charge is -2.08. The Balaban J connectivity index is 1.31. The Hall–Kier alpha value is -3.54. The molecule has 0 N–H and O–H groups in total. The van der Waals surface area contributed by atoms with Crippen LogP contribution in [-0.2, 0) is 19.4 Å². The molecule has 0 amide bonds. The van der Waals surface area contributed by atoms with E-state index in [-0.39, 0.29) is 0 Å². The predicted octanol–water partition coefficient (Wildman–Crippen LogP) is 7.09. The van der Waals surface area contributed by atoms with Crippen LogP contribution in [0.4, 0.5) is 0 Å².